The average Bonchev–Trinajstić information content (AvgIpc) is 3.05. The summed E-state index contributed by atoms with van der Waals surface area (Å²) in [6, 6.07) is 4.26. The maximum absolute atomic E-state index is 4.90. The van der Waals surface area contributed by atoms with Crippen molar-refractivity contribution in [2.45, 2.75) is 46.1 Å². The van der Waals surface area contributed by atoms with Gasteiger partial charge in [0.15, 0.2) is 5.96 Å². The van der Waals surface area contributed by atoms with E-state index in [0.717, 1.165) is 25.6 Å². The van der Waals surface area contributed by atoms with Crippen LogP contribution in [-0.2, 0) is 13.6 Å². The highest BCUT2D eigenvalue weighted by Crippen LogP contribution is 2.37. The monoisotopic (exact) mass is 290 g/mol. The van der Waals surface area contributed by atoms with E-state index in [1.165, 1.54) is 31.4 Å². The molecule has 4 nitrogen and oxygen atoms in total. The van der Waals surface area contributed by atoms with E-state index in [9.17, 15) is 0 Å². The van der Waals surface area contributed by atoms with E-state index >= 15 is 0 Å². The van der Waals surface area contributed by atoms with Crippen LogP contribution in [0.3, 0.4) is 0 Å². The third kappa shape index (κ3) is 4.26. The molecule has 1 aromatic rings. The first-order valence-corrected chi connectivity index (χ1v) is 8.14. The molecule has 0 bridgehead atoms. The number of aliphatic imine (C=N–C) groups is 1. The highest BCUT2D eigenvalue weighted by atomic mass is 15.3. The molecule has 1 aromatic heterocycles. The summed E-state index contributed by atoms with van der Waals surface area (Å²) in [6.45, 7) is 7.24. The summed E-state index contributed by atoms with van der Waals surface area (Å²) in [5.41, 5.74) is 1.71. The maximum atomic E-state index is 4.90. The minimum atomic E-state index is 0.409. The van der Waals surface area contributed by atoms with Crippen LogP contribution in [0, 0.1) is 5.41 Å². The number of nitrogens with one attached hydrogen (secondary N) is 1. The predicted molar refractivity (Wildman–Crippen MR) is 89.4 cm³/mol. The molecular weight excluding hydrogens is 260 g/mol. The molecule has 0 amide bonds. The van der Waals surface area contributed by atoms with Crippen LogP contribution < -0.4 is 5.32 Å². The highest BCUT2D eigenvalue weighted by molar-refractivity contribution is 5.79. The van der Waals surface area contributed by atoms with E-state index in [-0.39, 0.29) is 0 Å². The molecule has 0 spiro atoms. The number of hydrogen-bond donors (Lipinski definition) is 1. The molecule has 21 heavy (non-hydrogen) atoms. The van der Waals surface area contributed by atoms with Crippen molar-refractivity contribution in [1.29, 1.82) is 0 Å². The average molecular weight is 290 g/mol. The Morgan fingerprint density at radius 2 is 2.14 bits per heavy atom. The predicted octanol–water partition coefficient (Wildman–Crippen LogP) is 3.00. The second-order valence-corrected chi connectivity index (χ2v) is 6.65. The van der Waals surface area contributed by atoms with E-state index in [0.29, 0.717) is 5.41 Å². The van der Waals surface area contributed by atoms with Crippen molar-refractivity contribution in [1.82, 2.24) is 14.8 Å². The zero-order valence-corrected chi connectivity index (χ0v) is 14.0. The SMILES string of the molecule is CCNC(=NCC1(C)CCCC1)N(C)Cc1cccn1C. The van der Waals surface area contributed by atoms with Gasteiger partial charge in [0.1, 0.15) is 0 Å². The largest absolute Gasteiger partial charge is 0.357 e. The summed E-state index contributed by atoms with van der Waals surface area (Å²) in [7, 11) is 4.21. The van der Waals surface area contributed by atoms with Gasteiger partial charge in [0, 0.05) is 39.1 Å². The second kappa shape index (κ2) is 7.01. The highest BCUT2D eigenvalue weighted by Gasteiger charge is 2.28. The van der Waals surface area contributed by atoms with Gasteiger partial charge in [0.2, 0.25) is 0 Å². The van der Waals surface area contributed by atoms with Gasteiger partial charge in [-0.3, -0.25) is 4.99 Å². The Labute approximate surface area is 129 Å². The van der Waals surface area contributed by atoms with Crippen molar-refractivity contribution < 1.29 is 0 Å². The molecule has 118 valence electrons. The van der Waals surface area contributed by atoms with E-state index in [1.807, 2.05) is 0 Å². The second-order valence-electron chi connectivity index (χ2n) is 6.65. The number of rotatable bonds is 5. The fourth-order valence-electron chi connectivity index (χ4n) is 3.10. The maximum Gasteiger partial charge on any atom is 0.194 e. The molecule has 0 atom stereocenters. The molecule has 1 aliphatic rings. The van der Waals surface area contributed by atoms with Crippen LogP contribution in [0.4, 0.5) is 0 Å². The molecule has 1 heterocycles. The number of hydrogen-bond acceptors (Lipinski definition) is 1. The standard InChI is InChI=1S/C17H30N4/c1-5-18-16(19-14-17(2)10-6-7-11-17)21(4)13-15-9-8-12-20(15)3/h8-9,12H,5-7,10-11,13-14H2,1-4H3,(H,18,19). The molecule has 0 aromatic carbocycles. The van der Waals surface area contributed by atoms with Gasteiger partial charge < -0.3 is 14.8 Å². The zero-order valence-electron chi connectivity index (χ0n) is 14.0. The smallest absolute Gasteiger partial charge is 0.194 e. The number of aromatic nitrogens is 1. The van der Waals surface area contributed by atoms with Gasteiger partial charge in [0.25, 0.3) is 0 Å². The Bertz CT molecular complexity index is 469. The van der Waals surface area contributed by atoms with Crippen molar-refractivity contribution in [3.8, 4) is 0 Å². The van der Waals surface area contributed by atoms with Crippen LogP contribution in [0.15, 0.2) is 23.3 Å². The summed E-state index contributed by atoms with van der Waals surface area (Å²) < 4.78 is 2.17. The zero-order chi connectivity index (χ0) is 15.3. The minimum absolute atomic E-state index is 0.409. The third-order valence-corrected chi connectivity index (χ3v) is 4.57. The van der Waals surface area contributed by atoms with Gasteiger partial charge in [-0.15, -0.1) is 0 Å². The molecular formula is C17H30N4. The summed E-state index contributed by atoms with van der Waals surface area (Å²) in [6.07, 6.45) is 7.45. The summed E-state index contributed by atoms with van der Waals surface area (Å²) in [5, 5.41) is 3.42. The lowest BCUT2D eigenvalue weighted by molar-refractivity contribution is 0.346. The summed E-state index contributed by atoms with van der Waals surface area (Å²) >= 11 is 0. The molecule has 1 N–H and O–H groups in total. The summed E-state index contributed by atoms with van der Waals surface area (Å²) in [4.78, 5) is 7.12. The molecule has 1 aliphatic carbocycles. The van der Waals surface area contributed by atoms with Crippen LogP contribution in [0.25, 0.3) is 0 Å². The van der Waals surface area contributed by atoms with Crippen LogP contribution in [0.2, 0.25) is 0 Å². The fraction of sp³-hybridized carbons (Fsp3) is 0.706. The van der Waals surface area contributed by atoms with Crippen molar-refractivity contribution >= 4 is 5.96 Å². The van der Waals surface area contributed by atoms with Crippen LogP contribution in [0.1, 0.15) is 45.2 Å². The molecule has 0 aliphatic heterocycles. The van der Waals surface area contributed by atoms with Crippen molar-refractivity contribution in [2.24, 2.45) is 17.5 Å². The third-order valence-electron chi connectivity index (χ3n) is 4.57. The van der Waals surface area contributed by atoms with Gasteiger partial charge in [0.05, 0.1) is 6.54 Å². The van der Waals surface area contributed by atoms with E-state index in [1.54, 1.807) is 0 Å². The van der Waals surface area contributed by atoms with Gasteiger partial charge in [-0.05, 0) is 37.3 Å². The van der Waals surface area contributed by atoms with Crippen LogP contribution >= 0.6 is 0 Å². The van der Waals surface area contributed by atoms with Crippen molar-refractivity contribution in [3.05, 3.63) is 24.0 Å². The number of guanidine groups is 1. The van der Waals surface area contributed by atoms with Crippen LogP contribution in [-0.4, -0.2) is 35.6 Å². The normalized spacial score (nSPS) is 18.0. The molecule has 4 heteroatoms. The first-order valence-electron chi connectivity index (χ1n) is 8.14. The Morgan fingerprint density at radius 1 is 1.43 bits per heavy atom. The topological polar surface area (TPSA) is 32.6 Å². The molecule has 0 unspecified atom stereocenters. The van der Waals surface area contributed by atoms with Crippen LogP contribution in [0.5, 0.6) is 0 Å². The molecule has 2 rings (SSSR count). The first kappa shape index (κ1) is 15.9. The molecule has 1 fully saturated rings. The lowest BCUT2D eigenvalue weighted by Gasteiger charge is -2.25. The van der Waals surface area contributed by atoms with Gasteiger partial charge >= 0.3 is 0 Å². The van der Waals surface area contributed by atoms with Gasteiger partial charge in [-0.1, -0.05) is 19.8 Å². The van der Waals surface area contributed by atoms with Gasteiger partial charge in [-0.2, -0.15) is 0 Å². The Kier molecular flexibility index (Phi) is 5.32. The first-order chi connectivity index (χ1) is 10.0. The number of aryl methyl sites for hydroxylation is 1. The molecule has 1 saturated carbocycles. The van der Waals surface area contributed by atoms with E-state index < -0.39 is 0 Å². The minimum Gasteiger partial charge on any atom is -0.357 e. The van der Waals surface area contributed by atoms with E-state index in [2.05, 4.69) is 61.1 Å². The van der Waals surface area contributed by atoms with Gasteiger partial charge in [-0.25, -0.2) is 0 Å². The quantitative estimate of drug-likeness (QED) is 0.668. The Morgan fingerprint density at radius 3 is 2.71 bits per heavy atom. The summed E-state index contributed by atoms with van der Waals surface area (Å²) in [5.74, 6) is 1.02. The molecule has 0 saturated heterocycles. The lowest BCUT2D eigenvalue weighted by atomic mass is 9.89. The fourth-order valence-corrected chi connectivity index (χ4v) is 3.10. The lowest BCUT2D eigenvalue weighted by Crippen LogP contribution is -2.39. The number of nitrogens with zero attached hydrogens (tertiary/aromatic N) is 3. The molecule has 0 radical (unpaired) electrons. The Balaban J connectivity index is 2.01. The Hall–Kier alpha value is -1.45. The van der Waals surface area contributed by atoms with Crippen molar-refractivity contribution in [2.75, 3.05) is 20.1 Å². The van der Waals surface area contributed by atoms with Crippen molar-refractivity contribution in [3.63, 3.8) is 0 Å². The van der Waals surface area contributed by atoms with E-state index in [4.69, 9.17) is 4.99 Å².